The van der Waals surface area contributed by atoms with Crippen molar-refractivity contribution >= 4 is 5.78 Å². The largest absolute Gasteiger partial charge is 0.330 e. The first-order valence-electron chi connectivity index (χ1n) is 5.79. The predicted octanol–water partition coefficient (Wildman–Crippen LogP) is 2.34. The van der Waals surface area contributed by atoms with Crippen molar-refractivity contribution in [3.05, 3.63) is 29.6 Å². The van der Waals surface area contributed by atoms with Crippen molar-refractivity contribution in [2.45, 2.75) is 33.1 Å². The molecule has 1 unspecified atom stereocenters. The van der Waals surface area contributed by atoms with E-state index in [9.17, 15) is 4.79 Å². The third kappa shape index (κ3) is 4.11. The predicted molar refractivity (Wildman–Crippen MR) is 65.4 cm³/mol. The van der Waals surface area contributed by atoms with Gasteiger partial charge in [0.1, 0.15) is 0 Å². The van der Waals surface area contributed by atoms with Gasteiger partial charge in [-0.05, 0) is 44.4 Å². The zero-order valence-electron chi connectivity index (χ0n) is 10.1. The van der Waals surface area contributed by atoms with Gasteiger partial charge in [-0.15, -0.1) is 0 Å². The van der Waals surface area contributed by atoms with Crippen LogP contribution in [0.2, 0.25) is 0 Å². The van der Waals surface area contributed by atoms with Crippen LogP contribution < -0.4 is 5.73 Å². The summed E-state index contributed by atoms with van der Waals surface area (Å²) in [5.74, 6) is 0.698. The normalized spacial score (nSPS) is 12.4. The highest BCUT2D eigenvalue weighted by molar-refractivity contribution is 5.95. The van der Waals surface area contributed by atoms with E-state index in [1.807, 2.05) is 19.1 Å². The zero-order valence-corrected chi connectivity index (χ0v) is 10.1. The fourth-order valence-corrected chi connectivity index (χ4v) is 1.58. The molecule has 0 aliphatic heterocycles. The topological polar surface area (TPSA) is 56.0 Å². The summed E-state index contributed by atoms with van der Waals surface area (Å²) in [5, 5.41) is 0. The number of rotatable bonds is 6. The van der Waals surface area contributed by atoms with E-state index >= 15 is 0 Å². The molecule has 0 aliphatic carbocycles. The molecule has 3 nitrogen and oxygen atoms in total. The quantitative estimate of drug-likeness (QED) is 0.749. The average Bonchev–Trinajstić information content (AvgIpc) is 2.27. The van der Waals surface area contributed by atoms with E-state index in [2.05, 4.69) is 11.9 Å². The second-order valence-electron chi connectivity index (χ2n) is 4.33. The maximum absolute atomic E-state index is 11.8. The molecule has 0 bridgehead atoms. The Kier molecular flexibility index (Phi) is 5.12. The van der Waals surface area contributed by atoms with Crippen molar-refractivity contribution in [3.8, 4) is 0 Å². The minimum absolute atomic E-state index is 0.177. The van der Waals surface area contributed by atoms with Crippen LogP contribution >= 0.6 is 0 Å². The minimum atomic E-state index is 0.177. The number of carbonyl (C=O) groups is 1. The van der Waals surface area contributed by atoms with Crippen molar-refractivity contribution in [2.75, 3.05) is 6.54 Å². The van der Waals surface area contributed by atoms with Crippen LogP contribution in [0.5, 0.6) is 0 Å². The lowest BCUT2D eigenvalue weighted by Gasteiger charge is -2.08. The van der Waals surface area contributed by atoms with Gasteiger partial charge in [0.25, 0.3) is 0 Å². The Morgan fingerprint density at radius 3 is 2.75 bits per heavy atom. The van der Waals surface area contributed by atoms with Crippen LogP contribution in [0.3, 0.4) is 0 Å². The number of carbonyl (C=O) groups excluding carboxylic acids is 1. The Bertz CT molecular complexity index is 332. The first-order valence-corrected chi connectivity index (χ1v) is 5.79. The molecule has 1 rings (SSSR count). The highest BCUT2D eigenvalue weighted by Crippen LogP contribution is 2.12. The van der Waals surface area contributed by atoms with E-state index in [1.165, 1.54) is 0 Å². The van der Waals surface area contributed by atoms with Crippen LogP contribution in [0.25, 0.3) is 0 Å². The van der Waals surface area contributed by atoms with Gasteiger partial charge in [-0.2, -0.15) is 0 Å². The third-order valence-corrected chi connectivity index (χ3v) is 2.76. The fourth-order valence-electron chi connectivity index (χ4n) is 1.58. The second-order valence-corrected chi connectivity index (χ2v) is 4.33. The van der Waals surface area contributed by atoms with Crippen LogP contribution in [0.15, 0.2) is 18.3 Å². The zero-order chi connectivity index (χ0) is 12.0. The number of pyridine rings is 1. The van der Waals surface area contributed by atoms with Crippen LogP contribution in [0.4, 0.5) is 0 Å². The van der Waals surface area contributed by atoms with Gasteiger partial charge < -0.3 is 5.73 Å². The van der Waals surface area contributed by atoms with Crippen LogP contribution in [-0.4, -0.2) is 17.3 Å². The molecule has 0 radical (unpaired) electrons. The molecule has 0 aromatic carbocycles. The summed E-state index contributed by atoms with van der Waals surface area (Å²) in [7, 11) is 0. The summed E-state index contributed by atoms with van der Waals surface area (Å²) in [4.78, 5) is 15.9. The minimum Gasteiger partial charge on any atom is -0.330 e. The molecule has 88 valence electrons. The molecule has 1 aromatic rings. The number of aromatic nitrogens is 1. The SMILES string of the molecule is Cc1ccc(C(=O)CCC(C)CCN)cn1. The number of ketones is 1. The number of hydrogen-bond donors (Lipinski definition) is 1. The second kappa shape index (κ2) is 6.38. The molecule has 1 aromatic heterocycles. The summed E-state index contributed by atoms with van der Waals surface area (Å²) in [6, 6.07) is 3.72. The Morgan fingerprint density at radius 1 is 1.44 bits per heavy atom. The molecule has 1 heterocycles. The van der Waals surface area contributed by atoms with E-state index in [1.54, 1.807) is 6.20 Å². The Morgan fingerprint density at radius 2 is 2.19 bits per heavy atom. The van der Waals surface area contributed by atoms with Gasteiger partial charge in [-0.1, -0.05) is 6.92 Å². The lowest BCUT2D eigenvalue weighted by atomic mass is 9.98. The number of Topliss-reactive ketones (excluding diaryl/α,β-unsaturated/α-hetero) is 1. The highest BCUT2D eigenvalue weighted by Gasteiger charge is 2.08. The Balaban J connectivity index is 2.43. The smallest absolute Gasteiger partial charge is 0.164 e. The molecule has 0 fully saturated rings. The maximum Gasteiger partial charge on any atom is 0.164 e. The van der Waals surface area contributed by atoms with E-state index in [0.29, 0.717) is 24.4 Å². The molecular weight excluding hydrogens is 200 g/mol. The van der Waals surface area contributed by atoms with E-state index in [0.717, 1.165) is 18.5 Å². The standard InChI is InChI=1S/C13H20N2O/c1-10(7-8-14)3-6-13(16)12-5-4-11(2)15-9-12/h4-5,9-10H,3,6-8,14H2,1-2H3. The van der Waals surface area contributed by atoms with Crippen LogP contribution in [0, 0.1) is 12.8 Å². The summed E-state index contributed by atoms with van der Waals surface area (Å²) in [5.41, 5.74) is 7.12. The molecule has 0 spiro atoms. The lowest BCUT2D eigenvalue weighted by molar-refractivity contribution is 0.0973. The molecule has 0 aliphatic rings. The van der Waals surface area contributed by atoms with E-state index in [-0.39, 0.29) is 5.78 Å². The van der Waals surface area contributed by atoms with Gasteiger partial charge in [-0.25, -0.2) is 0 Å². The van der Waals surface area contributed by atoms with Crippen molar-refractivity contribution in [3.63, 3.8) is 0 Å². The average molecular weight is 220 g/mol. The summed E-state index contributed by atoms with van der Waals surface area (Å²) < 4.78 is 0. The molecule has 2 N–H and O–H groups in total. The van der Waals surface area contributed by atoms with Crippen molar-refractivity contribution in [2.24, 2.45) is 11.7 Å². The first kappa shape index (κ1) is 12.8. The Labute approximate surface area is 97.1 Å². The molecule has 1 atom stereocenters. The van der Waals surface area contributed by atoms with Crippen molar-refractivity contribution < 1.29 is 4.79 Å². The van der Waals surface area contributed by atoms with Crippen molar-refractivity contribution in [1.29, 1.82) is 0 Å². The first-order chi connectivity index (χ1) is 7.63. The van der Waals surface area contributed by atoms with Crippen molar-refractivity contribution in [1.82, 2.24) is 4.98 Å². The van der Waals surface area contributed by atoms with Gasteiger partial charge in [0.15, 0.2) is 5.78 Å². The molecule has 0 amide bonds. The van der Waals surface area contributed by atoms with Crippen LogP contribution in [-0.2, 0) is 0 Å². The monoisotopic (exact) mass is 220 g/mol. The summed E-state index contributed by atoms with van der Waals surface area (Å²) in [6.07, 6.45) is 4.14. The lowest BCUT2D eigenvalue weighted by Crippen LogP contribution is -2.08. The number of nitrogens with two attached hydrogens (primary N) is 1. The number of aryl methyl sites for hydroxylation is 1. The Hall–Kier alpha value is -1.22. The van der Waals surface area contributed by atoms with Gasteiger partial charge in [-0.3, -0.25) is 9.78 Å². The number of nitrogens with zero attached hydrogens (tertiary/aromatic N) is 1. The highest BCUT2D eigenvalue weighted by atomic mass is 16.1. The summed E-state index contributed by atoms with van der Waals surface area (Å²) in [6.45, 7) is 4.74. The van der Waals surface area contributed by atoms with Gasteiger partial charge in [0.2, 0.25) is 0 Å². The maximum atomic E-state index is 11.8. The molecule has 3 heteroatoms. The molecule has 16 heavy (non-hydrogen) atoms. The molecule has 0 saturated heterocycles. The van der Waals surface area contributed by atoms with Gasteiger partial charge in [0.05, 0.1) is 0 Å². The van der Waals surface area contributed by atoms with E-state index in [4.69, 9.17) is 5.73 Å². The van der Waals surface area contributed by atoms with Gasteiger partial charge in [0, 0.05) is 23.9 Å². The van der Waals surface area contributed by atoms with Crippen LogP contribution in [0.1, 0.15) is 42.2 Å². The molecule has 0 saturated carbocycles. The van der Waals surface area contributed by atoms with Gasteiger partial charge >= 0.3 is 0 Å². The third-order valence-electron chi connectivity index (χ3n) is 2.76. The van der Waals surface area contributed by atoms with E-state index < -0.39 is 0 Å². The summed E-state index contributed by atoms with van der Waals surface area (Å²) >= 11 is 0. The number of hydrogen-bond acceptors (Lipinski definition) is 3. The fraction of sp³-hybridized carbons (Fsp3) is 0.538. The molecular formula is C13H20N2O.